The minimum atomic E-state index is 0.00790. The molecule has 6 heteroatoms. The second-order valence-electron chi connectivity index (χ2n) is 5.84. The highest BCUT2D eigenvalue weighted by Crippen LogP contribution is 2.17. The maximum Gasteiger partial charge on any atom is 0.260 e. The molecule has 0 N–H and O–H groups in total. The molecule has 0 aliphatic carbocycles. The Labute approximate surface area is 141 Å². The van der Waals surface area contributed by atoms with Crippen LogP contribution in [0.4, 0.5) is 0 Å². The summed E-state index contributed by atoms with van der Waals surface area (Å²) in [6.45, 7) is 3.42. The number of nitrogens with zero attached hydrogens (tertiary/aromatic N) is 3. The normalized spacial score (nSPS) is 15.1. The number of aryl methyl sites for hydroxylation is 1. The molecule has 0 saturated carbocycles. The van der Waals surface area contributed by atoms with Crippen molar-refractivity contribution in [3.05, 3.63) is 48.4 Å². The monoisotopic (exact) mass is 327 g/mol. The Morgan fingerprint density at radius 2 is 1.96 bits per heavy atom. The predicted octanol–water partition coefficient (Wildman–Crippen LogP) is 2.23. The summed E-state index contributed by atoms with van der Waals surface area (Å²) < 4.78 is 11.3. The van der Waals surface area contributed by atoms with Gasteiger partial charge >= 0.3 is 0 Å². The fourth-order valence-electron chi connectivity index (χ4n) is 2.61. The lowest BCUT2D eigenvalue weighted by molar-refractivity contribution is -0.135. The molecular weight excluding hydrogens is 306 g/mol. The first-order valence-electron chi connectivity index (χ1n) is 8.10. The van der Waals surface area contributed by atoms with Crippen molar-refractivity contribution in [3.8, 4) is 11.6 Å². The first kappa shape index (κ1) is 16.2. The molecule has 24 heavy (non-hydrogen) atoms. The van der Waals surface area contributed by atoms with Crippen molar-refractivity contribution >= 4 is 5.91 Å². The van der Waals surface area contributed by atoms with E-state index in [4.69, 9.17) is 9.47 Å². The van der Waals surface area contributed by atoms with Crippen molar-refractivity contribution in [1.29, 1.82) is 0 Å². The number of piperidine rings is 1. The second kappa shape index (κ2) is 7.77. The summed E-state index contributed by atoms with van der Waals surface area (Å²) in [5, 5.41) is 0. The number of hydrogen-bond acceptors (Lipinski definition) is 5. The third kappa shape index (κ3) is 4.44. The van der Waals surface area contributed by atoms with Crippen LogP contribution in [0.3, 0.4) is 0 Å². The zero-order chi connectivity index (χ0) is 16.8. The Morgan fingerprint density at radius 1 is 1.21 bits per heavy atom. The third-order valence-electron chi connectivity index (χ3n) is 4.00. The van der Waals surface area contributed by atoms with Gasteiger partial charge < -0.3 is 14.4 Å². The number of benzene rings is 1. The van der Waals surface area contributed by atoms with E-state index in [1.807, 2.05) is 36.1 Å². The molecule has 1 aromatic heterocycles. The van der Waals surface area contributed by atoms with Crippen molar-refractivity contribution in [2.45, 2.75) is 25.9 Å². The Kier molecular flexibility index (Phi) is 5.25. The van der Waals surface area contributed by atoms with E-state index in [2.05, 4.69) is 9.97 Å². The molecule has 2 heterocycles. The first-order chi connectivity index (χ1) is 11.7. The number of amides is 1. The second-order valence-corrected chi connectivity index (χ2v) is 5.84. The van der Waals surface area contributed by atoms with Gasteiger partial charge in [0.2, 0.25) is 5.88 Å². The average Bonchev–Trinajstić information content (AvgIpc) is 2.62. The Bertz CT molecular complexity index is 653. The fourth-order valence-corrected chi connectivity index (χ4v) is 2.61. The molecule has 1 aliphatic rings. The minimum Gasteiger partial charge on any atom is -0.484 e. The molecule has 1 fully saturated rings. The van der Waals surface area contributed by atoms with Crippen LogP contribution in [0.5, 0.6) is 11.6 Å². The van der Waals surface area contributed by atoms with E-state index in [9.17, 15) is 4.79 Å². The lowest BCUT2D eigenvalue weighted by Gasteiger charge is -2.31. The standard InChI is InChI=1S/C18H21N3O3/c1-14-2-4-15(5-3-14)23-13-18(22)21-10-6-16(7-11-21)24-17-12-19-8-9-20-17/h2-5,8-9,12,16H,6-7,10-11,13H2,1H3. The number of carbonyl (C=O) groups excluding carboxylic acids is 1. The number of likely N-dealkylation sites (tertiary alicyclic amines) is 1. The quantitative estimate of drug-likeness (QED) is 0.842. The zero-order valence-electron chi connectivity index (χ0n) is 13.7. The predicted molar refractivity (Wildman–Crippen MR) is 88.9 cm³/mol. The summed E-state index contributed by atoms with van der Waals surface area (Å²) in [5.74, 6) is 1.26. The van der Waals surface area contributed by atoms with Gasteiger partial charge in [0.1, 0.15) is 11.9 Å². The summed E-state index contributed by atoms with van der Waals surface area (Å²) in [6.07, 6.45) is 6.47. The Hall–Kier alpha value is -2.63. The van der Waals surface area contributed by atoms with Crippen LogP contribution in [0, 0.1) is 6.92 Å². The molecule has 126 valence electrons. The molecule has 0 unspecified atom stereocenters. The van der Waals surface area contributed by atoms with Gasteiger partial charge in [0.05, 0.1) is 6.20 Å². The maximum atomic E-state index is 12.2. The van der Waals surface area contributed by atoms with Crippen LogP contribution >= 0.6 is 0 Å². The molecule has 1 amide bonds. The van der Waals surface area contributed by atoms with E-state index in [1.165, 1.54) is 5.56 Å². The van der Waals surface area contributed by atoms with E-state index in [1.54, 1.807) is 18.6 Å². The summed E-state index contributed by atoms with van der Waals surface area (Å²) in [5.41, 5.74) is 1.17. The summed E-state index contributed by atoms with van der Waals surface area (Å²) in [7, 11) is 0. The van der Waals surface area contributed by atoms with Gasteiger partial charge in [0.15, 0.2) is 6.61 Å². The van der Waals surface area contributed by atoms with Gasteiger partial charge in [-0.15, -0.1) is 0 Å². The lowest BCUT2D eigenvalue weighted by atomic mass is 10.1. The van der Waals surface area contributed by atoms with Crippen LogP contribution in [0.2, 0.25) is 0 Å². The molecular formula is C18H21N3O3. The molecule has 1 aliphatic heterocycles. The molecule has 1 aromatic carbocycles. The number of aromatic nitrogens is 2. The molecule has 0 spiro atoms. The SMILES string of the molecule is Cc1ccc(OCC(=O)N2CCC(Oc3cnccn3)CC2)cc1. The highest BCUT2D eigenvalue weighted by molar-refractivity contribution is 5.77. The summed E-state index contributed by atoms with van der Waals surface area (Å²) >= 11 is 0. The van der Waals surface area contributed by atoms with Gasteiger partial charge in [-0.2, -0.15) is 0 Å². The lowest BCUT2D eigenvalue weighted by Crippen LogP contribution is -2.43. The van der Waals surface area contributed by atoms with E-state index >= 15 is 0 Å². The topological polar surface area (TPSA) is 64.5 Å². The van der Waals surface area contributed by atoms with Gasteiger partial charge in [-0.25, -0.2) is 4.98 Å². The minimum absolute atomic E-state index is 0.00790. The van der Waals surface area contributed by atoms with Crippen LogP contribution in [0.25, 0.3) is 0 Å². The van der Waals surface area contributed by atoms with Crippen molar-refractivity contribution in [3.63, 3.8) is 0 Å². The van der Waals surface area contributed by atoms with Crippen LogP contribution in [-0.2, 0) is 4.79 Å². The van der Waals surface area contributed by atoms with Crippen LogP contribution in [0.15, 0.2) is 42.9 Å². The van der Waals surface area contributed by atoms with E-state index < -0.39 is 0 Å². The zero-order valence-corrected chi connectivity index (χ0v) is 13.7. The largest absolute Gasteiger partial charge is 0.484 e. The molecule has 0 atom stereocenters. The van der Waals surface area contributed by atoms with Crippen molar-refractivity contribution in [1.82, 2.24) is 14.9 Å². The van der Waals surface area contributed by atoms with E-state index in [0.717, 1.165) is 18.6 Å². The smallest absolute Gasteiger partial charge is 0.260 e. The highest BCUT2D eigenvalue weighted by atomic mass is 16.5. The first-order valence-corrected chi connectivity index (χ1v) is 8.10. The summed E-state index contributed by atoms with van der Waals surface area (Å²) in [6, 6.07) is 7.69. The number of rotatable bonds is 5. The number of ether oxygens (including phenoxy) is 2. The van der Waals surface area contributed by atoms with Crippen molar-refractivity contribution in [2.24, 2.45) is 0 Å². The van der Waals surface area contributed by atoms with Crippen molar-refractivity contribution < 1.29 is 14.3 Å². The highest BCUT2D eigenvalue weighted by Gasteiger charge is 2.24. The van der Waals surface area contributed by atoms with Gasteiger partial charge in [0.25, 0.3) is 5.91 Å². The molecule has 0 radical (unpaired) electrons. The number of carbonyl (C=O) groups is 1. The molecule has 6 nitrogen and oxygen atoms in total. The van der Waals surface area contributed by atoms with Gasteiger partial charge in [0, 0.05) is 38.3 Å². The van der Waals surface area contributed by atoms with Crippen LogP contribution in [-0.4, -0.2) is 46.6 Å². The van der Waals surface area contributed by atoms with Gasteiger partial charge in [-0.05, 0) is 19.1 Å². The van der Waals surface area contributed by atoms with Crippen LogP contribution in [0.1, 0.15) is 18.4 Å². The maximum absolute atomic E-state index is 12.2. The van der Waals surface area contributed by atoms with Gasteiger partial charge in [-0.1, -0.05) is 17.7 Å². The Balaban J connectivity index is 1.42. The van der Waals surface area contributed by atoms with Gasteiger partial charge in [-0.3, -0.25) is 9.78 Å². The van der Waals surface area contributed by atoms with Crippen molar-refractivity contribution in [2.75, 3.05) is 19.7 Å². The fraction of sp³-hybridized carbons (Fsp3) is 0.389. The molecule has 1 saturated heterocycles. The molecule has 2 aromatic rings. The molecule has 3 rings (SSSR count). The average molecular weight is 327 g/mol. The third-order valence-corrected chi connectivity index (χ3v) is 4.00. The number of hydrogen-bond donors (Lipinski definition) is 0. The van der Waals surface area contributed by atoms with Crippen LogP contribution < -0.4 is 9.47 Å². The molecule has 0 bridgehead atoms. The van der Waals surface area contributed by atoms with E-state index in [-0.39, 0.29) is 18.6 Å². The van der Waals surface area contributed by atoms with E-state index in [0.29, 0.717) is 19.0 Å². The Morgan fingerprint density at radius 3 is 2.62 bits per heavy atom. The summed E-state index contributed by atoms with van der Waals surface area (Å²) in [4.78, 5) is 22.2.